The fourth-order valence-corrected chi connectivity index (χ4v) is 2.02. The third-order valence-electron chi connectivity index (χ3n) is 2.94. The van der Waals surface area contributed by atoms with Gasteiger partial charge < -0.3 is 11.5 Å². The molecule has 18 heavy (non-hydrogen) atoms. The zero-order valence-corrected chi connectivity index (χ0v) is 10.3. The smallest absolute Gasteiger partial charge is 0.250 e. The summed E-state index contributed by atoms with van der Waals surface area (Å²) in [7, 11) is 0. The van der Waals surface area contributed by atoms with E-state index in [1.165, 1.54) is 11.1 Å². The maximum atomic E-state index is 11.2. The Morgan fingerprint density at radius 1 is 1.17 bits per heavy atom. The van der Waals surface area contributed by atoms with Gasteiger partial charge in [-0.05, 0) is 30.5 Å². The number of hydrogen-bond donors (Lipinski definition) is 2. The number of carbonyl (C=O) groups excluding carboxylic acids is 1. The lowest BCUT2D eigenvalue weighted by Crippen LogP contribution is -2.14. The van der Waals surface area contributed by atoms with Crippen LogP contribution in [-0.2, 0) is 6.42 Å². The first-order chi connectivity index (χ1) is 8.58. The maximum Gasteiger partial charge on any atom is 0.250 e. The van der Waals surface area contributed by atoms with Crippen LogP contribution in [0.1, 0.15) is 27.0 Å². The summed E-state index contributed by atoms with van der Waals surface area (Å²) < 4.78 is 0. The molecule has 0 bridgehead atoms. The quantitative estimate of drug-likeness (QED) is 0.808. The van der Waals surface area contributed by atoms with Crippen LogP contribution in [0.5, 0.6) is 0 Å². The molecule has 3 heteroatoms. The zero-order chi connectivity index (χ0) is 13.1. The van der Waals surface area contributed by atoms with Crippen molar-refractivity contribution in [3.8, 4) is 0 Å². The number of anilines is 1. The van der Waals surface area contributed by atoms with Crippen molar-refractivity contribution in [2.75, 3.05) is 5.73 Å². The van der Waals surface area contributed by atoms with E-state index in [1.807, 2.05) is 37.3 Å². The molecule has 2 aromatic carbocycles. The number of para-hydroxylation sites is 1. The van der Waals surface area contributed by atoms with Crippen LogP contribution in [0.3, 0.4) is 0 Å². The number of amides is 1. The lowest BCUT2D eigenvalue weighted by molar-refractivity contribution is 0.100. The van der Waals surface area contributed by atoms with Crippen molar-refractivity contribution in [1.29, 1.82) is 0 Å². The number of aryl methyl sites for hydroxylation is 1. The van der Waals surface area contributed by atoms with Gasteiger partial charge in [-0.25, -0.2) is 0 Å². The molecule has 0 aliphatic heterocycles. The minimum absolute atomic E-state index is 0.389. The lowest BCUT2D eigenvalue weighted by Gasteiger charge is -2.09. The highest BCUT2D eigenvalue weighted by Crippen LogP contribution is 2.20. The first-order valence-electron chi connectivity index (χ1n) is 5.80. The number of hydrogen-bond acceptors (Lipinski definition) is 2. The summed E-state index contributed by atoms with van der Waals surface area (Å²) in [5, 5.41) is 0. The van der Waals surface area contributed by atoms with Crippen LogP contribution < -0.4 is 11.5 Å². The van der Waals surface area contributed by atoms with E-state index in [2.05, 4.69) is 6.07 Å². The van der Waals surface area contributed by atoms with Gasteiger partial charge in [0.05, 0.1) is 5.56 Å². The Labute approximate surface area is 106 Å². The topological polar surface area (TPSA) is 69.1 Å². The van der Waals surface area contributed by atoms with Gasteiger partial charge in [0.25, 0.3) is 5.91 Å². The minimum atomic E-state index is -0.487. The average Bonchev–Trinajstić information content (AvgIpc) is 2.31. The third kappa shape index (κ3) is 2.51. The normalized spacial score (nSPS) is 10.3. The van der Waals surface area contributed by atoms with E-state index in [-0.39, 0.29) is 0 Å². The van der Waals surface area contributed by atoms with Crippen LogP contribution in [0.25, 0.3) is 0 Å². The molecule has 0 unspecified atom stereocenters. The molecule has 2 aromatic rings. The monoisotopic (exact) mass is 240 g/mol. The number of carbonyl (C=O) groups is 1. The number of rotatable bonds is 3. The molecular formula is C15H16N2O. The number of benzene rings is 2. The van der Waals surface area contributed by atoms with Crippen LogP contribution in [0, 0.1) is 6.92 Å². The molecule has 92 valence electrons. The van der Waals surface area contributed by atoms with E-state index in [0.717, 1.165) is 5.56 Å². The molecule has 3 nitrogen and oxygen atoms in total. The van der Waals surface area contributed by atoms with Gasteiger partial charge in [0.2, 0.25) is 0 Å². The summed E-state index contributed by atoms with van der Waals surface area (Å²) in [6, 6.07) is 13.6. The number of nitrogens with two attached hydrogens (primary N) is 2. The van der Waals surface area contributed by atoms with Gasteiger partial charge in [0, 0.05) is 5.69 Å². The molecule has 2 rings (SSSR count). The summed E-state index contributed by atoms with van der Waals surface area (Å²) in [6.07, 6.45) is 0.703. The largest absolute Gasteiger partial charge is 0.398 e. The van der Waals surface area contributed by atoms with Crippen LogP contribution in [0.2, 0.25) is 0 Å². The van der Waals surface area contributed by atoms with E-state index < -0.39 is 5.91 Å². The predicted molar refractivity (Wildman–Crippen MR) is 73.4 cm³/mol. The Kier molecular flexibility index (Phi) is 3.33. The first-order valence-corrected chi connectivity index (χ1v) is 5.80. The molecule has 4 N–H and O–H groups in total. The van der Waals surface area contributed by atoms with Gasteiger partial charge in [-0.1, -0.05) is 42.0 Å². The van der Waals surface area contributed by atoms with Gasteiger partial charge in [-0.15, -0.1) is 0 Å². The van der Waals surface area contributed by atoms with E-state index in [4.69, 9.17) is 11.5 Å². The Morgan fingerprint density at radius 3 is 2.56 bits per heavy atom. The summed E-state index contributed by atoms with van der Waals surface area (Å²) >= 11 is 0. The van der Waals surface area contributed by atoms with E-state index >= 15 is 0 Å². The number of primary amides is 1. The van der Waals surface area contributed by atoms with Crippen LogP contribution in [0.15, 0.2) is 42.5 Å². The molecule has 0 atom stereocenters. The zero-order valence-electron chi connectivity index (χ0n) is 10.3. The highest BCUT2D eigenvalue weighted by molar-refractivity contribution is 5.98. The lowest BCUT2D eigenvalue weighted by atomic mass is 9.99. The molecule has 0 spiro atoms. The molecule has 0 saturated carbocycles. The SMILES string of the molecule is Cc1cccc(Cc2cccc(C(N)=O)c2N)c1. The van der Waals surface area contributed by atoms with Crippen LogP contribution in [-0.4, -0.2) is 5.91 Å². The number of nitrogen functional groups attached to an aromatic ring is 1. The molecule has 0 aromatic heterocycles. The second kappa shape index (κ2) is 4.92. The first kappa shape index (κ1) is 12.2. The Bertz CT molecular complexity index is 591. The van der Waals surface area contributed by atoms with Gasteiger partial charge in [0.1, 0.15) is 0 Å². The molecular weight excluding hydrogens is 224 g/mol. The maximum absolute atomic E-state index is 11.2. The summed E-state index contributed by atoms with van der Waals surface area (Å²) in [5.41, 5.74) is 15.4. The minimum Gasteiger partial charge on any atom is -0.398 e. The van der Waals surface area contributed by atoms with Crippen LogP contribution in [0.4, 0.5) is 5.69 Å². The third-order valence-corrected chi connectivity index (χ3v) is 2.94. The van der Waals surface area contributed by atoms with E-state index in [9.17, 15) is 4.79 Å². The summed E-state index contributed by atoms with van der Waals surface area (Å²) in [4.78, 5) is 11.2. The Hall–Kier alpha value is -2.29. The van der Waals surface area contributed by atoms with Crippen molar-refractivity contribution >= 4 is 11.6 Å². The van der Waals surface area contributed by atoms with E-state index in [1.54, 1.807) is 6.07 Å². The average molecular weight is 240 g/mol. The second-order valence-corrected chi connectivity index (χ2v) is 4.41. The van der Waals surface area contributed by atoms with Gasteiger partial charge in [-0.2, -0.15) is 0 Å². The summed E-state index contributed by atoms with van der Waals surface area (Å²) in [5.74, 6) is -0.487. The Balaban J connectivity index is 2.35. The van der Waals surface area contributed by atoms with Crippen molar-refractivity contribution in [2.24, 2.45) is 5.73 Å². The Morgan fingerprint density at radius 2 is 1.89 bits per heavy atom. The molecule has 0 heterocycles. The van der Waals surface area contributed by atoms with Crippen molar-refractivity contribution in [2.45, 2.75) is 13.3 Å². The molecule has 0 radical (unpaired) electrons. The molecule has 0 fully saturated rings. The van der Waals surface area contributed by atoms with Crippen molar-refractivity contribution in [1.82, 2.24) is 0 Å². The van der Waals surface area contributed by atoms with Crippen LogP contribution >= 0.6 is 0 Å². The highest BCUT2D eigenvalue weighted by Gasteiger charge is 2.09. The van der Waals surface area contributed by atoms with Gasteiger partial charge in [-0.3, -0.25) is 4.79 Å². The second-order valence-electron chi connectivity index (χ2n) is 4.41. The van der Waals surface area contributed by atoms with Crippen molar-refractivity contribution < 1.29 is 4.79 Å². The molecule has 1 amide bonds. The molecule has 0 aliphatic carbocycles. The van der Waals surface area contributed by atoms with Crippen molar-refractivity contribution in [3.63, 3.8) is 0 Å². The fourth-order valence-electron chi connectivity index (χ4n) is 2.02. The highest BCUT2D eigenvalue weighted by atomic mass is 16.1. The van der Waals surface area contributed by atoms with E-state index in [0.29, 0.717) is 17.7 Å². The van der Waals surface area contributed by atoms with Gasteiger partial charge in [0.15, 0.2) is 0 Å². The molecule has 0 saturated heterocycles. The molecule has 0 aliphatic rings. The summed E-state index contributed by atoms with van der Waals surface area (Å²) in [6.45, 7) is 2.05. The predicted octanol–water partition coefficient (Wildman–Crippen LogP) is 2.27. The van der Waals surface area contributed by atoms with Crippen molar-refractivity contribution in [3.05, 3.63) is 64.7 Å². The standard InChI is InChI=1S/C15H16N2O/c1-10-4-2-5-11(8-10)9-12-6-3-7-13(14(12)16)15(17)18/h2-8H,9,16H2,1H3,(H2,17,18). The van der Waals surface area contributed by atoms with Gasteiger partial charge >= 0.3 is 0 Å². The fraction of sp³-hybridized carbons (Fsp3) is 0.133.